The molecule has 2 aromatic heterocycles. The number of nitrogens with one attached hydrogen (secondary N) is 2. The van der Waals surface area contributed by atoms with E-state index in [4.69, 9.17) is 12.2 Å². The van der Waals surface area contributed by atoms with Crippen LogP contribution >= 0.6 is 12.2 Å². The predicted octanol–water partition coefficient (Wildman–Crippen LogP) is 2.46. The third kappa shape index (κ3) is 2.90. The SMILES string of the molecule is Cc1ccc2[nH]c(=S)n(CCCC(=O)NC3CC3)c2n1. The van der Waals surface area contributed by atoms with E-state index in [-0.39, 0.29) is 5.91 Å². The Bertz CT molecular complexity index is 699. The molecule has 0 radical (unpaired) electrons. The maximum atomic E-state index is 11.7. The molecular formula is C14H18N4OS. The van der Waals surface area contributed by atoms with Gasteiger partial charge in [-0.3, -0.25) is 4.79 Å². The van der Waals surface area contributed by atoms with Gasteiger partial charge >= 0.3 is 0 Å². The molecule has 0 aromatic carbocycles. The summed E-state index contributed by atoms with van der Waals surface area (Å²) in [6.07, 6.45) is 3.57. The number of hydrogen-bond acceptors (Lipinski definition) is 3. The number of fused-ring (bicyclic) bond motifs is 1. The van der Waals surface area contributed by atoms with Crippen LogP contribution in [0.2, 0.25) is 0 Å². The molecule has 3 rings (SSSR count). The van der Waals surface area contributed by atoms with E-state index in [1.807, 2.05) is 23.6 Å². The summed E-state index contributed by atoms with van der Waals surface area (Å²) < 4.78 is 2.64. The van der Waals surface area contributed by atoms with Crippen LogP contribution in [0, 0.1) is 11.7 Å². The maximum Gasteiger partial charge on any atom is 0.220 e. The average molecular weight is 290 g/mol. The molecule has 6 heteroatoms. The summed E-state index contributed by atoms with van der Waals surface area (Å²) in [7, 11) is 0. The van der Waals surface area contributed by atoms with Crippen LogP contribution in [0.4, 0.5) is 0 Å². The zero-order valence-electron chi connectivity index (χ0n) is 11.5. The Kier molecular flexibility index (Phi) is 3.56. The second-order valence-corrected chi connectivity index (χ2v) is 5.74. The third-order valence-corrected chi connectivity index (χ3v) is 3.81. The van der Waals surface area contributed by atoms with E-state index in [2.05, 4.69) is 15.3 Å². The van der Waals surface area contributed by atoms with E-state index in [1.54, 1.807) is 0 Å². The Labute approximate surface area is 122 Å². The summed E-state index contributed by atoms with van der Waals surface area (Å²) in [4.78, 5) is 19.3. The first-order valence-electron chi connectivity index (χ1n) is 6.99. The van der Waals surface area contributed by atoms with Gasteiger partial charge in [-0.05, 0) is 50.5 Å². The van der Waals surface area contributed by atoms with E-state index >= 15 is 0 Å². The summed E-state index contributed by atoms with van der Waals surface area (Å²) in [5.41, 5.74) is 2.78. The van der Waals surface area contributed by atoms with Gasteiger partial charge in [0, 0.05) is 24.7 Å². The highest BCUT2D eigenvalue weighted by Gasteiger charge is 2.22. The first kappa shape index (κ1) is 13.3. The summed E-state index contributed by atoms with van der Waals surface area (Å²) in [6.45, 7) is 2.68. The van der Waals surface area contributed by atoms with E-state index < -0.39 is 0 Å². The van der Waals surface area contributed by atoms with Crippen LogP contribution in [0.3, 0.4) is 0 Å². The lowest BCUT2D eigenvalue weighted by atomic mass is 10.3. The molecular weight excluding hydrogens is 272 g/mol. The van der Waals surface area contributed by atoms with Crippen molar-refractivity contribution in [2.24, 2.45) is 0 Å². The molecule has 2 heterocycles. The van der Waals surface area contributed by atoms with Crippen LogP contribution < -0.4 is 5.32 Å². The number of rotatable bonds is 5. The molecule has 0 spiro atoms. The van der Waals surface area contributed by atoms with Gasteiger partial charge in [-0.2, -0.15) is 0 Å². The van der Waals surface area contributed by atoms with Crippen molar-refractivity contribution in [3.8, 4) is 0 Å². The van der Waals surface area contributed by atoms with Crippen LogP contribution in [0.5, 0.6) is 0 Å². The van der Waals surface area contributed by atoms with Crippen LogP contribution in [-0.2, 0) is 11.3 Å². The van der Waals surface area contributed by atoms with Crippen molar-refractivity contribution >= 4 is 29.3 Å². The Morgan fingerprint density at radius 1 is 1.55 bits per heavy atom. The van der Waals surface area contributed by atoms with Crippen molar-refractivity contribution in [3.05, 3.63) is 22.6 Å². The van der Waals surface area contributed by atoms with Crippen molar-refractivity contribution in [1.82, 2.24) is 19.9 Å². The Morgan fingerprint density at radius 2 is 2.35 bits per heavy atom. The number of carbonyl (C=O) groups excluding carboxylic acids is 1. The minimum atomic E-state index is 0.142. The highest BCUT2D eigenvalue weighted by molar-refractivity contribution is 7.71. The lowest BCUT2D eigenvalue weighted by molar-refractivity contribution is -0.121. The molecule has 0 unspecified atom stereocenters. The highest BCUT2D eigenvalue weighted by Crippen LogP contribution is 2.19. The topological polar surface area (TPSA) is 62.7 Å². The molecule has 1 saturated carbocycles. The summed E-state index contributed by atoms with van der Waals surface area (Å²) in [6, 6.07) is 4.38. The van der Waals surface area contributed by atoms with Gasteiger partial charge in [0.15, 0.2) is 10.4 Å². The Hall–Kier alpha value is -1.69. The Balaban J connectivity index is 1.67. The van der Waals surface area contributed by atoms with E-state index in [9.17, 15) is 4.79 Å². The predicted molar refractivity (Wildman–Crippen MR) is 80.1 cm³/mol. The lowest BCUT2D eigenvalue weighted by Gasteiger charge is -2.05. The number of aromatic amines is 1. The fourth-order valence-corrected chi connectivity index (χ4v) is 2.55. The molecule has 1 aliphatic rings. The van der Waals surface area contributed by atoms with Crippen LogP contribution in [0.1, 0.15) is 31.4 Å². The number of aromatic nitrogens is 3. The summed E-state index contributed by atoms with van der Waals surface area (Å²) in [5, 5.41) is 3.00. The van der Waals surface area contributed by atoms with Gasteiger partial charge < -0.3 is 14.9 Å². The van der Waals surface area contributed by atoms with Crippen molar-refractivity contribution in [2.75, 3.05) is 0 Å². The fourth-order valence-electron chi connectivity index (χ4n) is 2.26. The second kappa shape index (κ2) is 5.36. The molecule has 106 valence electrons. The maximum absolute atomic E-state index is 11.7. The van der Waals surface area contributed by atoms with E-state index in [0.29, 0.717) is 23.8 Å². The molecule has 0 atom stereocenters. The zero-order valence-corrected chi connectivity index (χ0v) is 12.3. The molecule has 0 aliphatic heterocycles. The van der Waals surface area contributed by atoms with Gasteiger partial charge in [-0.25, -0.2) is 4.98 Å². The molecule has 1 fully saturated rings. The van der Waals surface area contributed by atoms with Gasteiger partial charge in [0.05, 0.1) is 5.52 Å². The van der Waals surface area contributed by atoms with E-state index in [0.717, 1.165) is 36.1 Å². The number of imidazole rings is 1. The fraction of sp³-hybridized carbons (Fsp3) is 0.500. The Morgan fingerprint density at radius 3 is 3.10 bits per heavy atom. The van der Waals surface area contributed by atoms with Gasteiger partial charge in [0.25, 0.3) is 0 Å². The van der Waals surface area contributed by atoms with Gasteiger partial charge in [0.2, 0.25) is 5.91 Å². The zero-order chi connectivity index (χ0) is 14.1. The third-order valence-electron chi connectivity index (χ3n) is 3.48. The number of carbonyl (C=O) groups is 1. The van der Waals surface area contributed by atoms with E-state index in [1.165, 1.54) is 0 Å². The molecule has 1 amide bonds. The molecule has 20 heavy (non-hydrogen) atoms. The largest absolute Gasteiger partial charge is 0.353 e. The minimum absolute atomic E-state index is 0.142. The van der Waals surface area contributed by atoms with Crippen LogP contribution in [0.15, 0.2) is 12.1 Å². The number of nitrogens with zero attached hydrogens (tertiary/aromatic N) is 2. The first-order valence-corrected chi connectivity index (χ1v) is 7.40. The van der Waals surface area contributed by atoms with Gasteiger partial charge in [-0.15, -0.1) is 0 Å². The molecule has 0 saturated heterocycles. The normalized spacial score (nSPS) is 14.7. The molecule has 2 aromatic rings. The number of hydrogen-bond donors (Lipinski definition) is 2. The second-order valence-electron chi connectivity index (χ2n) is 5.35. The molecule has 5 nitrogen and oxygen atoms in total. The average Bonchev–Trinajstić information content (AvgIpc) is 3.15. The summed E-state index contributed by atoms with van der Waals surface area (Å²) in [5.74, 6) is 0.142. The first-order chi connectivity index (χ1) is 9.63. The van der Waals surface area contributed by atoms with Crippen molar-refractivity contribution in [2.45, 2.75) is 45.2 Å². The van der Waals surface area contributed by atoms with Gasteiger partial charge in [-0.1, -0.05) is 0 Å². The molecule has 0 bridgehead atoms. The summed E-state index contributed by atoms with van der Waals surface area (Å²) >= 11 is 5.32. The standard InChI is InChI=1S/C14H18N4OS/c1-9-4-7-11-13(15-9)18(14(20)17-11)8-2-3-12(19)16-10-5-6-10/h4,7,10H,2-3,5-6,8H2,1H3,(H,16,19)(H,17,20). The number of aryl methyl sites for hydroxylation is 2. The smallest absolute Gasteiger partial charge is 0.220 e. The number of H-pyrrole nitrogens is 1. The lowest BCUT2D eigenvalue weighted by Crippen LogP contribution is -2.25. The van der Waals surface area contributed by atoms with Crippen molar-refractivity contribution < 1.29 is 4.79 Å². The van der Waals surface area contributed by atoms with Crippen LogP contribution in [0.25, 0.3) is 11.2 Å². The molecule has 1 aliphatic carbocycles. The van der Waals surface area contributed by atoms with Gasteiger partial charge in [0.1, 0.15) is 0 Å². The minimum Gasteiger partial charge on any atom is -0.353 e. The van der Waals surface area contributed by atoms with Crippen molar-refractivity contribution in [3.63, 3.8) is 0 Å². The molecule has 2 N–H and O–H groups in total. The van der Waals surface area contributed by atoms with Crippen molar-refractivity contribution in [1.29, 1.82) is 0 Å². The quantitative estimate of drug-likeness (QED) is 0.832. The monoisotopic (exact) mass is 290 g/mol. The number of pyridine rings is 1. The highest BCUT2D eigenvalue weighted by atomic mass is 32.1. The van der Waals surface area contributed by atoms with Crippen LogP contribution in [-0.4, -0.2) is 26.5 Å². The number of amides is 1.